The number of rotatable bonds is 7. The number of sulfone groups is 1. The third-order valence-electron chi connectivity index (χ3n) is 2.48. The largest absolute Gasteiger partial charge is 0.476 e. The van der Waals surface area contributed by atoms with Gasteiger partial charge < -0.3 is 10.8 Å². The van der Waals surface area contributed by atoms with Crippen LogP contribution in [0.15, 0.2) is 0 Å². The molecule has 0 aliphatic carbocycles. The summed E-state index contributed by atoms with van der Waals surface area (Å²) in [6.45, 7) is 1.89. The molecule has 0 amide bonds. The average Bonchev–Trinajstić information content (AvgIpc) is 2.70. The molecule has 0 spiro atoms. The predicted molar refractivity (Wildman–Crippen MR) is 64.1 cm³/mol. The Morgan fingerprint density at radius 1 is 1.50 bits per heavy atom. The van der Waals surface area contributed by atoms with Gasteiger partial charge in [0.05, 0.1) is 18.0 Å². The predicted octanol–water partition coefficient (Wildman–Crippen LogP) is -1.09. The molecule has 0 atom stereocenters. The van der Waals surface area contributed by atoms with Gasteiger partial charge in [-0.1, -0.05) is 12.1 Å². The second-order valence-corrected chi connectivity index (χ2v) is 6.16. The second-order valence-electron chi connectivity index (χ2n) is 3.69. The molecule has 1 aromatic heterocycles. The standard InChI is InChI=1S/C9H16N4O4S/c1-2-18(16,17)6-5-13-7(3-4-10)8(9(14)15)11-12-13/h2-6,10H2,1H3,(H,14,15). The molecule has 1 rings (SSSR count). The molecule has 18 heavy (non-hydrogen) atoms. The van der Waals surface area contributed by atoms with Gasteiger partial charge >= 0.3 is 5.97 Å². The summed E-state index contributed by atoms with van der Waals surface area (Å²) in [7, 11) is -3.13. The Morgan fingerprint density at radius 2 is 2.17 bits per heavy atom. The van der Waals surface area contributed by atoms with Gasteiger partial charge in [-0.3, -0.25) is 0 Å². The smallest absolute Gasteiger partial charge is 0.358 e. The number of nitrogens with zero attached hydrogens (tertiary/aromatic N) is 3. The Balaban J connectivity index is 2.92. The molecule has 1 aromatic rings. The fourth-order valence-electron chi connectivity index (χ4n) is 1.43. The number of aryl methyl sites for hydroxylation is 1. The quantitative estimate of drug-likeness (QED) is 0.647. The first-order chi connectivity index (χ1) is 8.41. The minimum Gasteiger partial charge on any atom is -0.476 e. The Labute approximate surface area is 105 Å². The normalized spacial score (nSPS) is 11.7. The lowest BCUT2D eigenvalue weighted by Gasteiger charge is -2.05. The maximum atomic E-state index is 11.4. The van der Waals surface area contributed by atoms with Crippen molar-refractivity contribution in [3.63, 3.8) is 0 Å². The molecule has 102 valence electrons. The van der Waals surface area contributed by atoms with Gasteiger partial charge in [0.2, 0.25) is 0 Å². The van der Waals surface area contributed by atoms with Crippen molar-refractivity contribution in [1.29, 1.82) is 0 Å². The molecular weight excluding hydrogens is 260 g/mol. The molecule has 0 aliphatic heterocycles. The highest BCUT2D eigenvalue weighted by molar-refractivity contribution is 7.91. The lowest BCUT2D eigenvalue weighted by molar-refractivity contribution is 0.0689. The maximum absolute atomic E-state index is 11.4. The molecule has 0 bridgehead atoms. The summed E-state index contributed by atoms with van der Waals surface area (Å²) in [4.78, 5) is 10.9. The van der Waals surface area contributed by atoms with E-state index in [-0.39, 0.29) is 30.3 Å². The fourth-order valence-corrected chi connectivity index (χ4v) is 2.17. The molecule has 0 radical (unpaired) electrons. The first kappa shape index (κ1) is 14.6. The molecule has 0 unspecified atom stereocenters. The highest BCUT2D eigenvalue weighted by Crippen LogP contribution is 2.07. The number of carboxylic acids is 1. The summed E-state index contributed by atoms with van der Waals surface area (Å²) < 4.78 is 24.1. The molecule has 3 N–H and O–H groups in total. The molecule has 0 saturated carbocycles. The number of hydrogen-bond acceptors (Lipinski definition) is 6. The van der Waals surface area contributed by atoms with Gasteiger partial charge in [-0.05, 0) is 6.54 Å². The minimum atomic E-state index is -3.13. The zero-order chi connectivity index (χ0) is 13.8. The molecule has 0 saturated heterocycles. The van der Waals surface area contributed by atoms with Crippen LogP contribution in [0.2, 0.25) is 0 Å². The molecular formula is C9H16N4O4S. The minimum absolute atomic E-state index is 0.0414. The summed E-state index contributed by atoms with van der Waals surface area (Å²) in [5.74, 6) is -1.24. The van der Waals surface area contributed by atoms with E-state index in [1.54, 1.807) is 6.92 Å². The van der Waals surface area contributed by atoms with E-state index < -0.39 is 15.8 Å². The van der Waals surface area contributed by atoms with Crippen molar-refractivity contribution >= 4 is 15.8 Å². The fraction of sp³-hybridized carbons (Fsp3) is 0.667. The summed E-state index contributed by atoms with van der Waals surface area (Å²) in [6, 6.07) is 0. The van der Waals surface area contributed by atoms with E-state index in [1.807, 2.05) is 0 Å². The summed E-state index contributed by atoms with van der Waals surface area (Å²) in [5, 5.41) is 16.1. The van der Waals surface area contributed by atoms with Crippen molar-refractivity contribution < 1.29 is 18.3 Å². The van der Waals surface area contributed by atoms with Gasteiger partial charge in [0.25, 0.3) is 0 Å². The van der Waals surface area contributed by atoms with Gasteiger partial charge in [0.1, 0.15) is 0 Å². The van der Waals surface area contributed by atoms with E-state index in [2.05, 4.69) is 10.3 Å². The van der Waals surface area contributed by atoms with Gasteiger partial charge in [0, 0.05) is 12.2 Å². The third kappa shape index (κ3) is 3.50. The van der Waals surface area contributed by atoms with Gasteiger partial charge in [0.15, 0.2) is 15.5 Å². The van der Waals surface area contributed by atoms with Crippen LogP contribution in [0.1, 0.15) is 23.1 Å². The van der Waals surface area contributed by atoms with Gasteiger partial charge in [-0.2, -0.15) is 0 Å². The van der Waals surface area contributed by atoms with Crippen LogP contribution in [-0.4, -0.2) is 52.5 Å². The van der Waals surface area contributed by atoms with E-state index in [9.17, 15) is 13.2 Å². The van der Waals surface area contributed by atoms with Crippen LogP contribution >= 0.6 is 0 Å². The van der Waals surface area contributed by atoms with Crippen LogP contribution < -0.4 is 5.73 Å². The van der Waals surface area contributed by atoms with Crippen LogP contribution in [0.3, 0.4) is 0 Å². The second kappa shape index (κ2) is 5.91. The molecule has 0 aromatic carbocycles. The molecule has 0 aliphatic rings. The number of hydrogen-bond donors (Lipinski definition) is 2. The number of aromatic carboxylic acids is 1. The molecule has 9 heteroatoms. The van der Waals surface area contributed by atoms with E-state index >= 15 is 0 Å². The van der Waals surface area contributed by atoms with Gasteiger partial charge in [-0.15, -0.1) is 5.10 Å². The number of carboxylic acid groups (broad SMARTS) is 1. The maximum Gasteiger partial charge on any atom is 0.358 e. The van der Waals surface area contributed by atoms with Crippen molar-refractivity contribution in [2.75, 3.05) is 18.1 Å². The topological polar surface area (TPSA) is 128 Å². The van der Waals surface area contributed by atoms with Crippen LogP contribution in [0.4, 0.5) is 0 Å². The Hall–Kier alpha value is -1.48. The summed E-state index contributed by atoms with van der Waals surface area (Å²) in [6.07, 6.45) is 0.292. The van der Waals surface area contributed by atoms with E-state index in [0.717, 1.165) is 0 Å². The molecule has 8 nitrogen and oxygen atoms in total. The van der Waals surface area contributed by atoms with Crippen molar-refractivity contribution in [3.05, 3.63) is 11.4 Å². The van der Waals surface area contributed by atoms with Crippen LogP contribution in [0, 0.1) is 0 Å². The lowest BCUT2D eigenvalue weighted by atomic mass is 10.2. The summed E-state index contributed by atoms with van der Waals surface area (Å²) in [5.41, 5.74) is 5.57. The van der Waals surface area contributed by atoms with E-state index in [4.69, 9.17) is 10.8 Å². The Bertz CT molecular complexity index is 523. The molecule has 1 heterocycles. The Kier molecular flexibility index (Phi) is 4.79. The first-order valence-corrected chi connectivity index (χ1v) is 7.29. The van der Waals surface area contributed by atoms with Gasteiger partial charge in [-0.25, -0.2) is 17.9 Å². The van der Waals surface area contributed by atoms with Crippen molar-refractivity contribution in [3.8, 4) is 0 Å². The van der Waals surface area contributed by atoms with Crippen molar-refractivity contribution in [1.82, 2.24) is 15.0 Å². The number of nitrogens with two attached hydrogens (primary N) is 1. The van der Waals surface area contributed by atoms with Crippen LogP contribution in [0.5, 0.6) is 0 Å². The lowest BCUT2D eigenvalue weighted by Crippen LogP contribution is -2.19. The zero-order valence-corrected chi connectivity index (χ0v) is 10.9. The van der Waals surface area contributed by atoms with Crippen molar-refractivity contribution in [2.24, 2.45) is 5.73 Å². The first-order valence-electron chi connectivity index (χ1n) is 5.47. The highest BCUT2D eigenvalue weighted by Gasteiger charge is 2.19. The number of aromatic nitrogens is 3. The van der Waals surface area contributed by atoms with Crippen LogP contribution in [-0.2, 0) is 22.8 Å². The van der Waals surface area contributed by atoms with Crippen LogP contribution in [0.25, 0.3) is 0 Å². The Morgan fingerprint density at radius 3 is 2.67 bits per heavy atom. The highest BCUT2D eigenvalue weighted by atomic mass is 32.2. The van der Waals surface area contributed by atoms with Crippen molar-refractivity contribution in [2.45, 2.75) is 19.9 Å². The van der Waals surface area contributed by atoms with E-state index in [0.29, 0.717) is 12.1 Å². The SMILES string of the molecule is CCS(=O)(=O)CCn1nnc(C(=O)O)c1CCN. The van der Waals surface area contributed by atoms with E-state index in [1.165, 1.54) is 4.68 Å². The third-order valence-corrected chi connectivity index (χ3v) is 4.16. The summed E-state index contributed by atoms with van der Waals surface area (Å²) >= 11 is 0. The average molecular weight is 276 g/mol. The monoisotopic (exact) mass is 276 g/mol. The number of carbonyl (C=O) groups is 1. The zero-order valence-electron chi connectivity index (χ0n) is 10.0. The molecule has 0 fully saturated rings.